The Morgan fingerprint density at radius 2 is 1.64 bits per heavy atom. The van der Waals surface area contributed by atoms with Gasteiger partial charge >= 0.3 is 5.97 Å². The van der Waals surface area contributed by atoms with E-state index >= 15 is 0 Å². The normalized spacial score (nSPS) is 7.64. The Bertz CT molecular complexity index is 187. The first-order valence-corrected chi connectivity index (χ1v) is 3.50. The predicted octanol–water partition coefficient (Wildman–Crippen LogP) is -0.431. The number of thiophene rings is 1. The Balaban J connectivity index is 0.000000183. The van der Waals surface area contributed by atoms with Gasteiger partial charge in [-0.25, -0.2) is 4.79 Å². The van der Waals surface area contributed by atoms with Crippen LogP contribution in [0.15, 0.2) is 22.9 Å². The summed E-state index contributed by atoms with van der Waals surface area (Å²) in [4.78, 5) is 18.0. The first-order valence-electron chi connectivity index (χ1n) is 2.56. The molecular weight excluding hydrogens is 168 g/mol. The van der Waals surface area contributed by atoms with Crippen molar-refractivity contribution >= 4 is 23.3 Å². The van der Waals surface area contributed by atoms with E-state index in [9.17, 15) is 0 Å². The van der Waals surface area contributed by atoms with Crippen LogP contribution >= 0.6 is 11.3 Å². The zero-order chi connectivity index (χ0) is 8.69. The number of hydrogen-bond donors (Lipinski definition) is 1. The molecule has 5 heteroatoms. The highest BCUT2D eigenvalue weighted by molar-refractivity contribution is 7.07. The Morgan fingerprint density at radius 3 is 1.73 bits per heavy atom. The summed E-state index contributed by atoms with van der Waals surface area (Å²) < 4.78 is 0. The fourth-order valence-electron chi connectivity index (χ4n) is 0.227. The third-order valence-corrected chi connectivity index (χ3v) is 1.23. The van der Waals surface area contributed by atoms with Crippen molar-refractivity contribution < 1.29 is 19.8 Å². The molecule has 0 aliphatic heterocycles. The maximum absolute atomic E-state index is 9.04. The summed E-state index contributed by atoms with van der Waals surface area (Å²) in [6.07, 6.45) is 0. The van der Waals surface area contributed by atoms with Crippen molar-refractivity contribution in [3.8, 4) is 0 Å². The molecule has 1 rings (SSSR count). The molecular formula is C6H5O4S-. The molecule has 0 amide bonds. The lowest BCUT2D eigenvalue weighted by Crippen LogP contribution is -2.30. The van der Waals surface area contributed by atoms with Crippen LogP contribution in [0.5, 0.6) is 0 Å². The first kappa shape index (κ1) is 9.64. The van der Waals surface area contributed by atoms with Crippen molar-refractivity contribution in [3.63, 3.8) is 0 Å². The molecule has 1 aromatic rings. The Hall–Kier alpha value is -1.36. The second-order valence-corrected chi connectivity index (χ2v) is 2.20. The van der Waals surface area contributed by atoms with E-state index in [2.05, 4.69) is 0 Å². The Kier molecular flexibility index (Phi) is 4.76. The van der Waals surface area contributed by atoms with E-state index in [1.807, 2.05) is 22.9 Å². The number of carboxylic acids is 2. The van der Waals surface area contributed by atoms with Crippen molar-refractivity contribution in [3.05, 3.63) is 22.9 Å². The van der Waals surface area contributed by atoms with E-state index < -0.39 is 11.9 Å². The molecule has 0 atom stereocenters. The van der Waals surface area contributed by atoms with Gasteiger partial charge in [0.1, 0.15) is 0 Å². The molecule has 0 saturated heterocycles. The molecule has 1 heterocycles. The summed E-state index contributed by atoms with van der Waals surface area (Å²) in [5.74, 6) is -4.01. The van der Waals surface area contributed by atoms with Crippen LogP contribution in [0, 0.1) is 0 Å². The highest BCUT2D eigenvalue weighted by Gasteiger charge is 1.90. The Morgan fingerprint density at radius 1 is 1.27 bits per heavy atom. The quantitative estimate of drug-likeness (QED) is 0.540. The fourth-order valence-corrected chi connectivity index (χ4v) is 0.680. The number of carboxylic acid groups (broad SMARTS) is 2. The summed E-state index contributed by atoms with van der Waals surface area (Å²) in [7, 11) is 0. The smallest absolute Gasteiger partial charge is 0.351 e. The third kappa shape index (κ3) is 6.53. The highest BCUT2D eigenvalue weighted by atomic mass is 32.1. The molecule has 0 aliphatic rings. The predicted molar refractivity (Wildman–Crippen MR) is 37.0 cm³/mol. The van der Waals surface area contributed by atoms with Gasteiger partial charge in [0.2, 0.25) is 0 Å². The summed E-state index contributed by atoms with van der Waals surface area (Å²) >= 11 is 1.71. The van der Waals surface area contributed by atoms with Crippen molar-refractivity contribution in [2.75, 3.05) is 0 Å². The molecule has 0 aromatic carbocycles. The van der Waals surface area contributed by atoms with Crippen LogP contribution in [0.3, 0.4) is 0 Å². The first-order chi connectivity index (χ1) is 5.14. The maximum atomic E-state index is 9.04. The van der Waals surface area contributed by atoms with Crippen LogP contribution < -0.4 is 5.11 Å². The SMILES string of the molecule is O=C([O-])C(=O)O.c1ccsc1. The molecule has 60 valence electrons. The molecule has 0 radical (unpaired) electrons. The Labute approximate surface area is 66.7 Å². The number of carbonyl (C=O) groups is 2. The van der Waals surface area contributed by atoms with Gasteiger partial charge in [0.05, 0.1) is 0 Å². The van der Waals surface area contributed by atoms with Gasteiger partial charge in [0.15, 0.2) is 5.97 Å². The van der Waals surface area contributed by atoms with Crippen LogP contribution in [-0.4, -0.2) is 17.0 Å². The van der Waals surface area contributed by atoms with Crippen molar-refractivity contribution in [2.45, 2.75) is 0 Å². The number of carbonyl (C=O) groups excluding carboxylic acids is 1. The van der Waals surface area contributed by atoms with Crippen LogP contribution in [0.2, 0.25) is 0 Å². The van der Waals surface area contributed by atoms with Crippen LogP contribution in [0.1, 0.15) is 0 Å². The van der Waals surface area contributed by atoms with E-state index in [-0.39, 0.29) is 0 Å². The molecule has 0 saturated carbocycles. The number of rotatable bonds is 0. The molecule has 1 aromatic heterocycles. The minimum absolute atomic E-state index is 1.71. The average molecular weight is 173 g/mol. The molecule has 4 nitrogen and oxygen atoms in total. The van der Waals surface area contributed by atoms with Crippen LogP contribution in [0.25, 0.3) is 0 Å². The van der Waals surface area contributed by atoms with Gasteiger partial charge in [0.25, 0.3) is 0 Å². The maximum Gasteiger partial charge on any atom is 0.351 e. The molecule has 0 spiro atoms. The zero-order valence-corrected chi connectivity index (χ0v) is 6.21. The lowest BCUT2D eigenvalue weighted by molar-refractivity contribution is -0.303. The van der Waals surface area contributed by atoms with Gasteiger partial charge in [-0.2, -0.15) is 11.3 Å². The van der Waals surface area contributed by atoms with Gasteiger partial charge in [-0.05, 0) is 10.8 Å². The lowest BCUT2D eigenvalue weighted by Gasteiger charge is -1.85. The average Bonchev–Trinajstić information content (AvgIpc) is 2.41. The van der Waals surface area contributed by atoms with E-state index in [0.29, 0.717) is 0 Å². The number of hydrogen-bond acceptors (Lipinski definition) is 4. The monoisotopic (exact) mass is 173 g/mol. The van der Waals surface area contributed by atoms with Crippen LogP contribution in [-0.2, 0) is 9.59 Å². The van der Waals surface area contributed by atoms with Gasteiger partial charge in [-0.1, -0.05) is 12.1 Å². The molecule has 1 N–H and O–H groups in total. The zero-order valence-electron chi connectivity index (χ0n) is 5.39. The van der Waals surface area contributed by atoms with E-state index in [4.69, 9.17) is 19.8 Å². The fraction of sp³-hybridized carbons (Fsp3) is 0. The van der Waals surface area contributed by atoms with Gasteiger partial charge < -0.3 is 15.0 Å². The minimum Gasteiger partial charge on any atom is -0.539 e. The summed E-state index contributed by atoms with van der Waals surface area (Å²) in [5, 5.41) is 20.4. The van der Waals surface area contributed by atoms with Gasteiger partial charge in [-0.3, -0.25) is 0 Å². The molecule has 0 aliphatic carbocycles. The molecule has 0 unspecified atom stereocenters. The molecule has 0 fully saturated rings. The van der Waals surface area contributed by atoms with Crippen molar-refractivity contribution in [1.29, 1.82) is 0 Å². The second kappa shape index (κ2) is 5.43. The molecule has 0 bridgehead atoms. The topological polar surface area (TPSA) is 77.4 Å². The summed E-state index contributed by atoms with van der Waals surface area (Å²) in [5.41, 5.74) is 0. The van der Waals surface area contributed by atoms with Crippen LogP contribution in [0.4, 0.5) is 0 Å². The van der Waals surface area contributed by atoms with Gasteiger partial charge in [0, 0.05) is 0 Å². The standard InChI is InChI=1S/C4H4S.C2H2O4/c1-2-4-5-3-1;3-1(4)2(5)6/h1-4H;(H,3,4)(H,5,6)/p-1. The number of aliphatic carboxylic acids is 2. The highest BCUT2D eigenvalue weighted by Crippen LogP contribution is 1.91. The van der Waals surface area contributed by atoms with Gasteiger partial charge in [-0.15, -0.1) is 0 Å². The molecule has 11 heavy (non-hydrogen) atoms. The van der Waals surface area contributed by atoms with E-state index in [1.54, 1.807) is 11.3 Å². The van der Waals surface area contributed by atoms with E-state index in [1.165, 1.54) is 0 Å². The largest absolute Gasteiger partial charge is 0.539 e. The lowest BCUT2D eigenvalue weighted by atomic mass is 10.7. The van der Waals surface area contributed by atoms with Crippen molar-refractivity contribution in [2.24, 2.45) is 0 Å². The minimum atomic E-state index is -2.07. The van der Waals surface area contributed by atoms with Crippen molar-refractivity contribution in [1.82, 2.24) is 0 Å². The second-order valence-electron chi connectivity index (χ2n) is 1.39. The summed E-state index contributed by atoms with van der Waals surface area (Å²) in [6.45, 7) is 0. The summed E-state index contributed by atoms with van der Waals surface area (Å²) in [6, 6.07) is 4.04. The third-order valence-electron chi connectivity index (χ3n) is 0.600. The van der Waals surface area contributed by atoms with E-state index in [0.717, 1.165) is 0 Å².